The Kier molecular flexibility index (Phi) is 4.04. The van der Waals surface area contributed by atoms with Crippen molar-refractivity contribution in [1.82, 2.24) is 4.98 Å². The van der Waals surface area contributed by atoms with Crippen LogP contribution in [-0.2, 0) is 4.74 Å². The summed E-state index contributed by atoms with van der Waals surface area (Å²) < 4.78 is 5.69. The predicted molar refractivity (Wildman–Crippen MR) is 77.0 cm³/mol. The molecule has 1 atom stereocenters. The van der Waals surface area contributed by atoms with Gasteiger partial charge in [-0.15, -0.1) is 0 Å². The molecule has 0 spiro atoms. The lowest BCUT2D eigenvalue weighted by Gasteiger charge is -2.34. The highest BCUT2D eigenvalue weighted by molar-refractivity contribution is 6.01. The number of amidine groups is 1. The van der Waals surface area contributed by atoms with E-state index in [2.05, 4.69) is 16.8 Å². The van der Waals surface area contributed by atoms with Gasteiger partial charge in [0.2, 0.25) is 0 Å². The summed E-state index contributed by atoms with van der Waals surface area (Å²) in [6, 6.07) is 1.97. The van der Waals surface area contributed by atoms with Crippen LogP contribution in [0.25, 0.3) is 0 Å². The minimum atomic E-state index is 0.0829. The zero-order chi connectivity index (χ0) is 14.0. The Bertz CT molecular complexity index is 487. The Hall–Kier alpha value is -1.62. The average Bonchev–Trinajstić information content (AvgIpc) is 2.37. The minimum Gasteiger partial charge on any atom is -0.384 e. The quantitative estimate of drug-likeness (QED) is 0.641. The first-order valence-corrected chi connectivity index (χ1v) is 6.72. The van der Waals surface area contributed by atoms with Crippen LogP contribution in [0.1, 0.15) is 30.2 Å². The van der Waals surface area contributed by atoms with Gasteiger partial charge in [-0.2, -0.15) is 0 Å². The Morgan fingerprint density at radius 2 is 2.32 bits per heavy atom. The molecule has 3 N–H and O–H groups in total. The third-order valence-electron chi connectivity index (χ3n) is 3.49. The standard InChI is InChI=1S/C14H22N4O/c1-4-11-8-18(5-6-19-11)14-12(13(15)16)9(2)7-10(3)17-14/h7,11H,4-6,8H2,1-3H3,(H3,15,16). The molecule has 0 aromatic carbocycles. The van der Waals surface area contributed by atoms with Crippen molar-refractivity contribution in [3.05, 3.63) is 22.9 Å². The molecule has 0 amide bonds. The van der Waals surface area contributed by atoms with E-state index in [1.165, 1.54) is 0 Å². The first-order valence-electron chi connectivity index (χ1n) is 6.72. The second kappa shape index (κ2) is 5.57. The molecule has 1 aliphatic heterocycles. The zero-order valence-corrected chi connectivity index (χ0v) is 11.9. The van der Waals surface area contributed by atoms with Gasteiger partial charge in [-0.05, 0) is 31.9 Å². The summed E-state index contributed by atoms with van der Waals surface area (Å²) in [7, 11) is 0. The van der Waals surface area contributed by atoms with E-state index >= 15 is 0 Å². The molecule has 2 heterocycles. The molecule has 19 heavy (non-hydrogen) atoms. The third-order valence-corrected chi connectivity index (χ3v) is 3.49. The molecule has 0 bridgehead atoms. The molecule has 0 saturated carbocycles. The van der Waals surface area contributed by atoms with Gasteiger partial charge < -0.3 is 15.4 Å². The highest BCUT2D eigenvalue weighted by atomic mass is 16.5. The molecule has 1 fully saturated rings. The van der Waals surface area contributed by atoms with Crippen molar-refractivity contribution in [2.24, 2.45) is 5.73 Å². The number of nitrogens with one attached hydrogen (secondary N) is 1. The highest BCUT2D eigenvalue weighted by Gasteiger charge is 2.24. The number of hydrogen-bond acceptors (Lipinski definition) is 4. The molecule has 2 rings (SSSR count). The van der Waals surface area contributed by atoms with Gasteiger partial charge >= 0.3 is 0 Å². The molecule has 5 heteroatoms. The van der Waals surface area contributed by atoms with Gasteiger partial charge in [0.05, 0.1) is 18.3 Å². The molecule has 0 aliphatic carbocycles. The number of aromatic nitrogens is 1. The van der Waals surface area contributed by atoms with Gasteiger partial charge in [-0.1, -0.05) is 6.92 Å². The Morgan fingerprint density at radius 3 is 2.95 bits per heavy atom. The van der Waals surface area contributed by atoms with Crippen LogP contribution in [0, 0.1) is 19.3 Å². The summed E-state index contributed by atoms with van der Waals surface area (Å²) in [5.74, 6) is 0.909. The fourth-order valence-electron chi connectivity index (χ4n) is 2.54. The number of hydrogen-bond donors (Lipinski definition) is 2. The lowest BCUT2D eigenvalue weighted by atomic mass is 10.1. The van der Waals surface area contributed by atoms with E-state index in [0.717, 1.165) is 42.1 Å². The van der Waals surface area contributed by atoms with Gasteiger partial charge in [0.15, 0.2) is 0 Å². The zero-order valence-electron chi connectivity index (χ0n) is 11.9. The maximum atomic E-state index is 7.78. The van der Waals surface area contributed by atoms with E-state index in [1.807, 2.05) is 19.9 Å². The second-order valence-corrected chi connectivity index (χ2v) is 5.04. The molecule has 1 aromatic heterocycles. The summed E-state index contributed by atoms with van der Waals surface area (Å²) in [6.07, 6.45) is 1.22. The molecule has 1 saturated heterocycles. The number of anilines is 1. The number of nitrogens with two attached hydrogens (primary N) is 1. The smallest absolute Gasteiger partial charge is 0.140 e. The molecular weight excluding hydrogens is 240 g/mol. The minimum absolute atomic E-state index is 0.0829. The SMILES string of the molecule is CCC1CN(c2nc(C)cc(C)c2C(=N)N)CCO1. The van der Waals surface area contributed by atoms with Gasteiger partial charge in [0.25, 0.3) is 0 Å². The van der Waals surface area contributed by atoms with E-state index in [1.54, 1.807) is 0 Å². The number of aryl methyl sites for hydroxylation is 2. The molecule has 1 aromatic rings. The molecule has 0 radical (unpaired) electrons. The van der Waals surface area contributed by atoms with Crippen LogP contribution < -0.4 is 10.6 Å². The summed E-state index contributed by atoms with van der Waals surface area (Å²) in [6.45, 7) is 8.38. The fraction of sp³-hybridized carbons (Fsp3) is 0.571. The topological polar surface area (TPSA) is 75.2 Å². The van der Waals surface area contributed by atoms with E-state index in [9.17, 15) is 0 Å². The van der Waals surface area contributed by atoms with Crippen LogP contribution in [0.4, 0.5) is 5.82 Å². The van der Waals surface area contributed by atoms with Gasteiger partial charge in [0.1, 0.15) is 11.7 Å². The van der Waals surface area contributed by atoms with Crippen molar-refractivity contribution in [2.75, 3.05) is 24.6 Å². The van der Waals surface area contributed by atoms with Crippen LogP contribution in [-0.4, -0.2) is 36.6 Å². The first-order chi connectivity index (χ1) is 9.02. The molecule has 104 valence electrons. The van der Waals surface area contributed by atoms with Crippen molar-refractivity contribution < 1.29 is 4.74 Å². The summed E-state index contributed by atoms with van der Waals surface area (Å²) in [5.41, 5.74) is 8.44. The van der Waals surface area contributed by atoms with Crippen LogP contribution in [0.5, 0.6) is 0 Å². The lowest BCUT2D eigenvalue weighted by molar-refractivity contribution is 0.0381. The number of rotatable bonds is 3. The van der Waals surface area contributed by atoms with Crippen molar-refractivity contribution >= 4 is 11.7 Å². The average molecular weight is 262 g/mol. The lowest BCUT2D eigenvalue weighted by Crippen LogP contribution is -2.43. The molecular formula is C14H22N4O. The van der Waals surface area contributed by atoms with Crippen molar-refractivity contribution in [3.63, 3.8) is 0 Å². The number of ether oxygens (including phenoxy) is 1. The Balaban J connectivity index is 2.40. The summed E-state index contributed by atoms with van der Waals surface area (Å²) >= 11 is 0. The van der Waals surface area contributed by atoms with E-state index in [4.69, 9.17) is 15.9 Å². The van der Waals surface area contributed by atoms with Crippen molar-refractivity contribution in [3.8, 4) is 0 Å². The number of pyridine rings is 1. The number of nitrogens with zero attached hydrogens (tertiary/aromatic N) is 2. The maximum absolute atomic E-state index is 7.78. The Labute approximate surface area is 114 Å². The normalized spacial score (nSPS) is 19.5. The number of nitrogen functional groups attached to an aromatic ring is 1. The van der Waals surface area contributed by atoms with E-state index in [0.29, 0.717) is 6.61 Å². The van der Waals surface area contributed by atoms with E-state index in [-0.39, 0.29) is 11.9 Å². The predicted octanol–water partition coefficient (Wildman–Crippen LogP) is 1.60. The highest BCUT2D eigenvalue weighted by Crippen LogP contribution is 2.24. The molecule has 1 unspecified atom stereocenters. The second-order valence-electron chi connectivity index (χ2n) is 5.04. The largest absolute Gasteiger partial charge is 0.384 e. The van der Waals surface area contributed by atoms with Gasteiger partial charge in [-0.3, -0.25) is 5.41 Å². The molecule has 5 nitrogen and oxygen atoms in total. The van der Waals surface area contributed by atoms with E-state index < -0.39 is 0 Å². The van der Waals surface area contributed by atoms with Crippen LogP contribution >= 0.6 is 0 Å². The van der Waals surface area contributed by atoms with Gasteiger partial charge in [0, 0.05) is 18.8 Å². The van der Waals surface area contributed by atoms with Crippen molar-refractivity contribution in [2.45, 2.75) is 33.3 Å². The summed E-state index contributed by atoms with van der Waals surface area (Å²) in [5, 5.41) is 7.78. The van der Waals surface area contributed by atoms with Crippen LogP contribution in [0.2, 0.25) is 0 Å². The third kappa shape index (κ3) is 2.87. The van der Waals surface area contributed by atoms with Crippen molar-refractivity contribution in [1.29, 1.82) is 5.41 Å². The van der Waals surface area contributed by atoms with Gasteiger partial charge in [-0.25, -0.2) is 4.98 Å². The first kappa shape index (κ1) is 13.8. The monoisotopic (exact) mass is 262 g/mol. The Morgan fingerprint density at radius 1 is 1.58 bits per heavy atom. The number of morpholine rings is 1. The fourth-order valence-corrected chi connectivity index (χ4v) is 2.54. The summed E-state index contributed by atoms with van der Waals surface area (Å²) in [4.78, 5) is 6.79. The maximum Gasteiger partial charge on any atom is 0.140 e. The van der Waals surface area contributed by atoms with Crippen LogP contribution in [0.3, 0.4) is 0 Å². The molecule has 1 aliphatic rings. The van der Waals surface area contributed by atoms with Crippen LogP contribution in [0.15, 0.2) is 6.07 Å².